The molecule has 1 fully saturated rings. The molecule has 0 spiro atoms. The fourth-order valence-corrected chi connectivity index (χ4v) is 5.81. The zero-order valence-corrected chi connectivity index (χ0v) is 20.4. The van der Waals surface area contributed by atoms with Gasteiger partial charge in [-0.25, -0.2) is 8.42 Å². The molecule has 4 N–H and O–H groups in total. The summed E-state index contributed by atoms with van der Waals surface area (Å²) < 4.78 is 40.0. The molecule has 180 valence electrons. The molecule has 2 heterocycles. The average Bonchev–Trinajstić information content (AvgIpc) is 3.22. The minimum Gasteiger partial charge on any atom is -0.492 e. The van der Waals surface area contributed by atoms with Crippen molar-refractivity contribution in [2.24, 2.45) is 5.73 Å². The molecule has 4 rings (SSSR count). The van der Waals surface area contributed by atoms with E-state index in [9.17, 15) is 18.0 Å². The number of carbonyl (C=O) groups is 2. The number of hydrogen-bond donors (Lipinski definition) is 3. The SMILES string of the molecule is NC(=O)c1[nH]c2ccc(Br)cc2c1S(=O)(=O)N1CCOC(C(=O)NCCOc2ccccc2)C1. The zero-order chi connectivity index (χ0) is 24.3. The molecule has 1 aromatic heterocycles. The topological polar surface area (TPSA) is 144 Å². The summed E-state index contributed by atoms with van der Waals surface area (Å²) in [5.41, 5.74) is 5.71. The number of primary amides is 1. The number of halogens is 1. The molecule has 2 aromatic carbocycles. The Bertz CT molecular complexity index is 1310. The molecule has 0 bridgehead atoms. The van der Waals surface area contributed by atoms with E-state index in [1.165, 1.54) is 0 Å². The normalized spacial score (nSPS) is 16.9. The van der Waals surface area contributed by atoms with Crippen molar-refractivity contribution < 1.29 is 27.5 Å². The second-order valence-corrected chi connectivity index (χ2v) is 10.3. The number of aromatic nitrogens is 1. The number of sulfonamides is 1. The predicted molar refractivity (Wildman–Crippen MR) is 128 cm³/mol. The van der Waals surface area contributed by atoms with Crippen molar-refractivity contribution in [2.45, 2.75) is 11.0 Å². The number of benzene rings is 2. The number of hydrogen-bond acceptors (Lipinski definition) is 6. The molecular formula is C22H23BrN4O6S. The van der Waals surface area contributed by atoms with Gasteiger partial charge in [0.1, 0.15) is 29.0 Å². The predicted octanol–water partition coefficient (Wildman–Crippen LogP) is 1.61. The Hall–Kier alpha value is -2.93. The van der Waals surface area contributed by atoms with Gasteiger partial charge in [0, 0.05) is 28.5 Å². The first-order valence-corrected chi connectivity index (χ1v) is 12.7. The smallest absolute Gasteiger partial charge is 0.266 e. The number of H-pyrrole nitrogens is 1. The van der Waals surface area contributed by atoms with Gasteiger partial charge in [-0.2, -0.15) is 4.31 Å². The highest BCUT2D eigenvalue weighted by molar-refractivity contribution is 9.10. The lowest BCUT2D eigenvalue weighted by Crippen LogP contribution is -2.52. The van der Waals surface area contributed by atoms with E-state index < -0.39 is 27.9 Å². The number of carbonyl (C=O) groups excluding carboxylic acids is 2. The standard InChI is InChI=1S/C22H23BrN4O6S/c23-14-6-7-17-16(12-14)20(19(26-17)21(24)28)34(30,31)27-9-11-33-18(13-27)22(29)25-8-10-32-15-4-2-1-3-5-15/h1-7,12,18,26H,8-11,13H2,(H2,24,28)(H,25,29). The third-order valence-corrected chi connectivity index (χ3v) is 7.74. The van der Waals surface area contributed by atoms with Gasteiger partial charge >= 0.3 is 0 Å². The Morgan fingerprint density at radius 2 is 2.00 bits per heavy atom. The summed E-state index contributed by atoms with van der Waals surface area (Å²) in [5.74, 6) is -0.668. The number of amides is 2. The van der Waals surface area contributed by atoms with Crippen molar-refractivity contribution in [1.82, 2.24) is 14.6 Å². The van der Waals surface area contributed by atoms with Crippen LogP contribution in [0.1, 0.15) is 10.5 Å². The van der Waals surface area contributed by atoms with E-state index >= 15 is 0 Å². The van der Waals surface area contributed by atoms with Gasteiger partial charge in [-0.3, -0.25) is 9.59 Å². The largest absolute Gasteiger partial charge is 0.492 e. The summed E-state index contributed by atoms with van der Waals surface area (Å²) in [6, 6.07) is 14.1. The maximum Gasteiger partial charge on any atom is 0.266 e. The Kier molecular flexibility index (Phi) is 7.22. The molecule has 12 heteroatoms. The number of morpholine rings is 1. The van der Waals surface area contributed by atoms with Crippen LogP contribution in [0.3, 0.4) is 0 Å². The van der Waals surface area contributed by atoms with E-state index in [2.05, 4.69) is 26.2 Å². The number of nitrogens with zero attached hydrogens (tertiary/aromatic N) is 1. The zero-order valence-electron chi connectivity index (χ0n) is 18.0. The molecule has 2 amide bonds. The van der Waals surface area contributed by atoms with Crippen LogP contribution in [0.4, 0.5) is 0 Å². The number of fused-ring (bicyclic) bond motifs is 1. The molecule has 10 nitrogen and oxygen atoms in total. The van der Waals surface area contributed by atoms with Crippen molar-refractivity contribution >= 4 is 48.7 Å². The molecule has 0 radical (unpaired) electrons. The average molecular weight is 551 g/mol. The molecule has 1 saturated heterocycles. The van der Waals surface area contributed by atoms with Gasteiger partial charge in [-0.15, -0.1) is 0 Å². The van der Waals surface area contributed by atoms with Crippen LogP contribution in [-0.4, -0.2) is 68.5 Å². The maximum atomic E-state index is 13.6. The first-order chi connectivity index (χ1) is 16.3. The van der Waals surface area contributed by atoms with Crippen LogP contribution in [0.15, 0.2) is 57.9 Å². The lowest BCUT2D eigenvalue weighted by atomic mass is 10.2. The van der Waals surface area contributed by atoms with Gasteiger partial charge in [0.2, 0.25) is 10.0 Å². The number of rotatable bonds is 8. The summed E-state index contributed by atoms with van der Waals surface area (Å²) in [4.78, 5) is 27.2. The lowest BCUT2D eigenvalue weighted by molar-refractivity contribution is -0.136. The maximum absolute atomic E-state index is 13.6. The van der Waals surface area contributed by atoms with Gasteiger partial charge in [0.25, 0.3) is 11.8 Å². The van der Waals surface area contributed by atoms with E-state index in [1.807, 2.05) is 18.2 Å². The summed E-state index contributed by atoms with van der Waals surface area (Å²) >= 11 is 3.33. The number of aromatic amines is 1. The highest BCUT2D eigenvalue weighted by Crippen LogP contribution is 2.32. The molecule has 1 unspecified atom stereocenters. The second-order valence-electron chi connectivity index (χ2n) is 7.56. The molecule has 0 saturated carbocycles. The van der Waals surface area contributed by atoms with Gasteiger partial charge in [0.05, 0.1) is 13.2 Å². The fraction of sp³-hybridized carbons (Fsp3) is 0.273. The molecule has 1 aliphatic heterocycles. The summed E-state index contributed by atoms with van der Waals surface area (Å²) in [5, 5.41) is 3.03. The minimum atomic E-state index is -4.17. The number of nitrogens with two attached hydrogens (primary N) is 1. The molecule has 3 aromatic rings. The van der Waals surface area contributed by atoms with Crippen molar-refractivity contribution in [1.29, 1.82) is 0 Å². The van der Waals surface area contributed by atoms with E-state index in [1.54, 1.807) is 30.3 Å². The number of para-hydroxylation sites is 1. The van der Waals surface area contributed by atoms with Crippen LogP contribution in [0.25, 0.3) is 10.9 Å². The third-order valence-electron chi connectivity index (χ3n) is 5.29. The lowest BCUT2D eigenvalue weighted by Gasteiger charge is -2.31. The first kappa shape index (κ1) is 24.2. The van der Waals surface area contributed by atoms with Crippen molar-refractivity contribution in [3.05, 3.63) is 58.7 Å². The van der Waals surface area contributed by atoms with Crippen LogP contribution < -0.4 is 15.8 Å². The number of nitrogens with one attached hydrogen (secondary N) is 2. The van der Waals surface area contributed by atoms with Gasteiger partial charge in [-0.05, 0) is 30.3 Å². The van der Waals surface area contributed by atoms with Gasteiger partial charge in [-0.1, -0.05) is 34.1 Å². The fourth-order valence-electron chi connectivity index (χ4n) is 3.69. The minimum absolute atomic E-state index is 0.0236. The summed E-state index contributed by atoms with van der Waals surface area (Å²) in [7, 11) is -4.17. The van der Waals surface area contributed by atoms with Crippen LogP contribution >= 0.6 is 15.9 Å². The second kappa shape index (κ2) is 10.1. The van der Waals surface area contributed by atoms with E-state index in [-0.39, 0.29) is 43.4 Å². The van der Waals surface area contributed by atoms with Gasteiger partial charge < -0.3 is 25.5 Å². The molecule has 1 atom stereocenters. The highest BCUT2D eigenvalue weighted by atomic mass is 79.9. The van der Waals surface area contributed by atoms with Crippen molar-refractivity contribution in [3.8, 4) is 5.75 Å². The monoisotopic (exact) mass is 550 g/mol. The van der Waals surface area contributed by atoms with Crippen molar-refractivity contribution in [2.75, 3.05) is 32.8 Å². The molecule has 0 aliphatic carbocycles. The Balaban J connectivity index is 1.47. The van der Waals surface area contributed by atoms with E-state index in [4.69, 9.17) is 15.2 Å². The third kappa shape index (κ3) is 5.09. The molecule has 34 heavy (non-hydrogen) atoms. The highest BCUT2D eigenvalue weighted by Gasteiger charge is 2.37. The quantitative estimate of drug-likeness (QED) is 0.363. The first-order valence-electron chi connectivity index (χ1n) is 10.5. The van der Waals surface area contributed by atoms with Crippen LogP contribution in [-0.2, 0) is 19.6 Å². The number of ether oxygens (including phenoxy) is 2. The van der Waals surface area contributed by atoms with Crippen LogP contribution in [0, 0.1) is 0 Å². The summed E-state index contributed by atoms with van der Waals surface area (Å²) in [6.07, 6.45) is -1.01. The van der Waals surface area contributed by atoms with Crippen LogP contribution in [0.5, 0.6) is 5.75 Å². The van der Waals surface area contributed by atoms with E-state index in [0.29, 0.717) is 21.1 Å². The van der Waals surface area contributed by atoms with Gasteiger partial charge in [0.15, 0.2) is 0 Å². The Labute approximate surface area is 204 Å². The Morgan fingerprint density at radius 1 is 1.24 bits per heavy atom. The molecule has 1 aliphatic rings. The summed E-state index contributed by atoms with van der Waals surface area (Å²) in [6.45, 7) is 0.323. The van der Waals surface area contributed by atoms with Crippen LogP contribution in [0.2, 0.25) is 0 Å². The Morgan fingerprint density at radius 3 is 2.74 bits per heavy atom. The van der Waals surface area contributed by atoms with Crippen molar-refractivity contribution in [3.63, 3.8) is 0 Å². The van der Waals surface area contributed by atoms with E-state index in [0.717, 1.165) is 4.31 Å². The molecular weight excluding hydrogens is 528 g/mol.